The van der Waals surface area contributed by atoms with Crippen LogP contribution in [0.15, 0.2) is 59.7 Å². The van der Waals surface area contributed by atoms with Gasteiger partial charge in [-0.05, 0) is 61.2 Å². The maximum absolute atomic E-state index is 14.9. The van der Waals surface area contributed by atoms with E-state index in [2.05, 4.69) is 10.1 Å². The predicted octanol–water partition coefficient (Wildman–Crippen LogP) is 4.32. The Balaban J connectivity index is 1.54. The number of halogens is 2. The molecule has 10 heteroatoms. The van der Waals surface area contributed by atoms with Crippen molar-refractivity contribution in [3.63, 3.8) is 0 Å². The van der Waals surface area contributed by atoms with Crippen LogP contribution in [0.3, 0.4) is 0 Å². The highest BCUT2D eigenvalue weighted by molar-refractivity contribution is 6.06. The summed E-state index contributed by atoms with van der Waals surface area (Å²) < 4.78 is 42.1. The first-order valence-corrected chi connectivity index (χ1v) is 11.4. The lowest BCUT2D eigenvalue weighted by molar-refractivity contribution is -0.188. The first-order valence-electron chi connectivity index (χ1n) is 11.4. The SMILES string of the molecule is COC(=O)C1(c2c(F)cccc2F)ON=C2/C(=C/c3ccc(-n4cnc(C)c4)c(OC)c3)CCCN21. The van der Waals surface area contributed by atoms with Crippen molar-refractivity contribution in [1.82, 2.24) is 14.5 Å². The standard InChI is InChI=1S/C26H24F2N4O4/c1-16-14-31(15-29-16)21-10-9-17(13-22(21)34-2)12-18-6-5-11-32-24(18)30-36-26(32,25(33)35-3)23-19(27)7-4-8-20(23)28/h4,7-10,12-15H,5-6,11H2,1-3H3/b18-12+. The smallest absolute Gasteiger partial charge is 0.380 e. The van der Waals surface area contributed by atoms with Gasteiger partial charge in [0.1, 0.15) is 22.9 Å². The molecule has 1 aromatic heterocycles. The van der Waals surface area contributed by atoms with E-state index in [1.165, 1.54) is 11.0 Å². The van der Waals surface area contributed by atoms with E-state index in [-0.39, 0.29) is 0 Å². The number of piperidine rings is 1. The van der Waals surface area contributed by atoms with E-state index in [4.69, 9.17) is 14.3 Å². The molecule has 0 aliphatic carbocycles. The van der Waals surface area contributed by atoms with Gasteiger partial charge in [-0.2, -0.15) is 0 Å². The van der Waals surface area contributed by atoms with E-state index in [0.717, 1.165) is 41.8 Å². The molecule has 0 spiro atoms. The average molecular weight is 494 g/mol. The van der Waals surface area contributed by atoms with Crippen LogP contribution in [-0.2, 0) is 20.1 Å². The Labute approximate surface area is 206 Å². The molecule has 1 saturated heterocycles. The Kier molecular flexibility index (Phi) is 5.95. The van der Waals surface area contributed by atoms with Gasteiger partial charge in [0.2, 0.25) is 0 Å². The van der Waals surface area contributed by atoms with Crippen LogP contribution in [0.5, 0.6) is 5.75 Å². The van der Waals surface area contributed by atoms with Crippen molar-refractivity contribution in [2.24, 2.45) is 5.16 Å². The van der Waals surface area contributed by atoms with E-state index in [1.807, 2.05) is 42.0 Å². The van der Waals surface area contributed by atoms with E-state index in [1.54, 1.807) is 13.4 Å². The molecule has 8 nitrogen and oxygen atoms in total. The summed E-state index contributed by atoms with van der Waals surface area (Å²) in [4.78, 5) is 24.3. The van der Waals surface area contributed by atoms with Crippen LogP contribution < -0.4 is 4.74 Å². The summed E-state index contributed by atoms with van der Waals surface area (Å²) >= 11 is 0. The number of fused-ring (bicyclic) bond motifs is 1. The lowest BCUT2D eigenvalue weighted by Gasteiger charge is -2.37. The number of ether oxygens (including phenoxy) is 2. The fourth-order valence-electron chi connectivity index (χ4n) is 4.67. The monoisotopic (exact) mass is 494 g/mol. The molecule has 3 aromatic rings. The third kappa shape index (κ3) is 3.69. The van der Waals surface area contributed by atoms with E-state index in [0.29, 0.717) is 31.0 Å². The number of methoxy groups -OCH3 is 2. The first kappa shape index (κ1) is 23.5. The van der Waals surface area contributed by atoms with Crippen molar-refractivity contribution in [2.45, 2.75) is 25.5 Å². The zero-order valence-corrected chi connectivity index (χ0v) is 20.0. The zero-order valence-electron chi connectivity index (χ0n) is 20.0. The highest BCUT2D eigenvalue weighted by Crippen LogP contribution is 2.43. The van der Waals surface area contributed by atoms with Gasteiger partial charge >= 0.3 is 11.7 Å². The highest BCUT2D eigenvalue weighted by atomic mass is 19.1. The number of carbonyl (C=O) groups is 1. The molecule has 1 atom stereocenters. The minimum Gasteiger partial charge on any atom is -0.495 e. The van der Waals surface area contributed by atoms with Crippen molar-refractivity contribution >= 4 is 17.9 Å². The van der Waals surface area contributed by atoms with Crippen LogP contribution in [0.2, 0.25) is 0 Å². The number of rotatable bonds is 5. The quantitative estimate of drug-likeness (QED) is 0.492. The van der Waals surface area contributed by atoms with Gasteiger partial charge < -0.3 is 23.8 Å². The summed E-state index contributed by atoms with van der Waals surface area (Å²) in [5.41, 5.74) is 0.520. The summed E-state index contributed by atoms with van der Waals surface area (Å²) in [7, 11) is 2.73. The first-order chi connectivity index (χ1) is 17.4. The molecule has 2 aliphatic heterocycles. The van der Waals surface area contributed by atoms with E-state index in [9.17, 15) is 13.6 Å². The lowest BCUT2D eigenvalue weighted by atomic mass is 9.93. The van der Waals surface area contributed by atoms with Gasteiger partial charge in [-0.25, -0.2) is 18.6 Å². The van der Waals surface area contributed by atoms with Crippen molar-refractivity contribution in [1.29, 1.82) is 0 Å². The number of oxime groups is 1. The molecule has 2 aliphatic rings. The normalized spacial score (nSPS) is 20.1. The number of amidine groups is 1. The molecular formula is C26H24F2N4O4. The lowest BCUT2D eigenvalue weighted by Crippen LogP contribution is -2.55. The molecule has 0 saturated carbocycles. The van der Waals surface area contributed by atoms with Crippen LogP contribution in [-0.4, -0.2) is 47.0 Å². The maximum Gasteiger partial charge on any atom is 0.380 e. The average Bonchev–Trinajstić information content (AvgIpc) is 3.48. The van der Waals surface area contributed by atoms with Gasteiger partial charge in [-0.15, -0.1) is 0 Å². The summed E-state index contributed by atoms with van der Waals surface area (Å²) in [6, 6.07) is 9.06. The van der Waals surface area contributed by atoms with Crippen molar-refractivity contribution < 1.29 is 27.9 Å². The molecule has 186 valence electrons. The van der Waals surface area contributed by atoms with Crippen LogP contribution in [0.25, 0.3) is 11.8 Å². The Morgan fingerprint density at radius 1 is 1.19 bits per heavy atom. The Bertz CT molecular complexity index is 1380. The number of imidazole rings is 1. The molecule has 3 heterocycles. The van der Waals surface area contributed by atoms with Gasteiger partial charge in [0, 0.05) is 12.7 Å². The predicted molar refractivity (Wildman–Crippen MR) is 127 cm³/mol. The second-order valence-electron chi connectivity index (χ2n) is 8.52. The van der Waals surface area contributed by atoms with Crippen LogP contribution >= 0.6 is 0 Å². The Morgan fingerprint density at radius 3 is 2.64 bits per heavy atom. The number of esters is 1. The van der Waals surface area contributed by atoms with Gasteiger partial charge in [0.05, 0.1) is 31.9 Å². The summed E-state index contributed by atoms with van der Waals surface area (Å²) in [5.74, 6) is -1.86. The molecule has 0 radical (unpaired) electrons. The van der Waals surface area contributed by atoms with Crippen LogP contribution in [0.1, 0.15) is 29.7 Å². The number of aryl methyl sites for hydroxylation is 1. The number of hydrogen-bond donors (Lipinski definition) is 0. The number of nitrogens with zero attached hydrogens (tertiary/aromatic N) is 4. The second kappa shape index (κ2) is 9.10. The number of hydrogen-bond acceptors (Lipinski definition) is 7. The highest BCUT2D eigenvalue weighted by Gasteiger charge is 2.59. The van der Waals surface area contributed by atoms with Gasteiger partial charge in [-0.1, -0.05) is 17.3 Å². The van der Waals surface area contributed by atoms with Crippen molar-refractivity contribution in [2.75, 3.05) is 20.8 Å². The Morgan fingerprint density at radius 2 is 1.97 bits per heavy atom. The third-order valence-electron chi connectivity index (χ3n) is 6.31. The molecule has 0 amide bonds. The second-order valence-corrected chi connectivity index (χ2v) is 8.52. The fraction of sp³-hybridized carbons (Fsp3) is 0.269. The largest absolute Gasteiger partial charge is 0.495 e. The molecule has 1 unspecified atom stereocenters. The fourth-order valence-corrected chi connectivity index (χ4v) is 4.67. The van der Waals surface area contributed by atoms with Gasteiger partial charge in [0.25, 0.3) is 0 Å². The zero-order chi connectivity index (χ0) is 25.4. The summed E-state index contributed by atoms with van der Waals surface area (Å²) in [6.45, 7) is 2.20. The van der Waals surface area contributed by atoms with E-state index < -0.39 is 28.9 Å². The van der Waals surface area contributed by atoms with Gasteiger partial charge in [0.15, 0.2) is 5.84 Å². The summed E-state index contributed by atoms with van der Waals surface area (Å²) in [5, 5.41) is 4.12. The molecular weight excluding hydrogens is 470 g/mol. The molecule has 0 bridgehead atoms. The van der Waals surface area contributed by atoms with Crippen molar-refractivity contribution in [3.8, 4) is 11.4 Å². The number of aromatic nitrogens is 2. The molecule has 0 N–H and O–H groups in total. The van der Waals surface area contributed by atoms with Crippen LogP contribution in [0, 0.1) is 18.6 Å². The maximum atomic E-state index is 14.9. The minimum absolute atomic E-state index is 0.293. The van der Waals surface area contributed by atoms with Crippen molar-refractivity contribution in [3.05, 3.63) is 83.0 Å². The third-order valence-corrected chi connectivity index (χ3v) is 6.31. The van der Waals surface area contributed by atoms with Gasteiger partial charge in [-0.3, -0.25) is 0 Å². The minimum atomic E-state index is -2.19. The molecule has 2 aromatic carbocycles. The van der Waals surface area contributed by atoms with Crippen LogP contribution in [0.4, 0.5) is 8.78 Å². The molecule has 5 rings (SSSR count). The molecule has 1 fully saturated rings. The number of carbonyl (C=O) groups excluding carboxylic acids is 1. The Hall–Kier alpha value is -4.21. The molecule has 36 heavy (non-hydrogen) atoms. The summed E-state index contributed by atoms with van der Waals surface area (Å²) in [6.07, 6.45) is 6.73. The number of benzene rings is 2. The van der Waals surface area contributed by atoms with E-state index >= 15 is 0 Å². The topological polar surface area (TPSA) is 78.2 Å².